The van der Waals surface area contributed by atoms with Gasteiger partial charge in [-0.2, -0.15) is 5.10 Å². The predicted molar refractivity (Wildman–Crippen MR) is 68.8 cm³/mol. The molecule has 92 valence electrons. The molecular weight excluding hydrogens is 198 g/mol. The first-order chi connectivity index (χ1) is 7.60. The van der Waals surface area contributed by atoms with Crippen molar-refractivity contribution in [3.05, 3.63) is 17.5 Å². The Bertz CT molecular complexity index is 317. The summed E-state index contributed by atoms with van der Waals surface area (Å²) in [7, 11) is 0. The van der Waals surface area contributed by atoms with Gasteiger partial charge in [-0.25, -0.2) is 0 Å². The Morgan fingerprint density at radius 3 is 2.50 bits per heavy atom. The van der Waals surface area contributed by atoms with Crippen molar-refractivity contribution in [1.82, 2.24) is 15.1 Å². The molecule has 0 saturated heterocycles. The first kappa shape index (κ1) is 13.2. The van der Waals surface area contributed by atoms with E-state index in [9.17, 15) is 0 Å². The van der Waals surface area contributed by atoms with E-state index in [0.29, 0.717) is 12.1 Å². The smallest absolute Gasteiger partial charge is 0.0647 e. The Hall–Kier alpha value is -0.830. The van der Waals surface area contributed by atoms with Gasteiger partial charge in [-0.05, 0) is 46.2 Å². The molecule has 1 aromatic heterocycles. The summed E-state index contributed by atoms with van der Waals surface area (Å²) in [6, 6.07) is 3.08. The van der Waals surface area contributed by atoms with Crippen LogP contribution in [0.25, 0.3) is 0 Å². The van der Waals surface area contributed by atoms with Crippen molar-refractivity contribution >= 4 is 0 Å². The zero-order valence-electron chi connectivity index (χ0n) is 11.2. The van der Waals surface area contributed by atoms with Gasteiger partial charge in [0.2, 0.25) is 0 Å². The zero-order valence-corrected chi connectivity index (χ0v) is 11.2. The van der Waals surface area contributed by atoms with Crippen LogP contribution in [-0.2, 0) is 0 Å². The van der Waals surface area contributed by atoms with E-state index in [1.54, 1.807) is 0 Å². The van der Waals surface area contributed by atoms with E-state index in [2.05, 4.69) is 55.8 Å². The highest BCUT2D eigenvalue weighted by atomic mass is 15.3. The van der Waals surface area contributed by atoms with E-state index in [0.717, 1.165) is 18.7 Å². The summed E-state index contributed by atoms with van der Waals surface area (Å²) < 4.78 is 2.14. The minimum Gasteiger partial charge on any atom is -0.312 e. The number of rotatable bonds is 6. The molecule has 0 aliphatic carbocycles. The molecular formula is C13H25N3. The number of nitrogens with zero attached hydrogens (tertiary/aromatic N) is 2. The lowest BCUT2D eigenvalue weighted by atomic mass is 10.1. The molecule has 16 heavy (non-hydrogen) atoms. The van der Waals surface area contributed by atoms with E-state index >= 15 is 0 Å². The van der Waals surface area contributed by atoms with Gasteiger partial charge in [-0.1, -0.05) is 13.8 Å². The average molecular weight is 223 g/mol. The molecule has 2 atom stereocenters. The van der Waals surface area contributed by atoms with Gasteiger partial charge in [-0.3, -0.25) is 4.68 Å². The van der Waals surface area contributed by atoms with Crippen LogP contribution < -0.4 is 5.32 Å². The van der Waals surface area contributed by atoms with Crippen LogP contribution in [0, 0.1) is 13.8 Å². The van der Waals surface area contributed by atoms with Crippen molar-refractivity contribution in [3.63, 3.8) is 0 Å². The van der Waals surface area contributed by atoms with Gasteiger partial charge in [-0.15, -0.1) is 0 Å². The maximum Gasteiger partial charge on any atom is 0.0647 e. The van der Waals surface area contributed by atoms with Crippen LogP contribution in [0.1, 0.15) is 51.0 Å². The third kappa shape index (κ3) is 3.08. The molecule has 2 unspecified atom stereocenters. The van der Waals surface area contributed by atoms with Gasteiger partial charge >= 0.3 is 0 Å². The summed E-state index contributed by atoms with van der Waals surface area (Å²) in [5.41, 5.74) is 2.36. The first-order valence-corrected chi connectivity index (χ1v) is 6.36. The molecule has 0 saturated carbocycles. The molecule has 0 spiro atoms. The van der Waals surface area contributed by atoms with Crippen molar-refractivity contribution in [2.24, 2.45) is 0 Å². The van der Waals surface area contributed by atoms with E-state index < -0.39 is 0 Å². The average Bonchev–Trinajstić information content (AvgIpc) is 2.58. The van der Waals surface area contributed by atoms with Crippen LogP contribution in [0.5, 0.6) is 0 Å². The molecule has 0 aliphatic heterocycles. The molecule has 0 amide bonds. The molecule has 1 rings (SSSR count). The predicted octanol–water partition coefficient (Wildman–Crippen LogP) is 2.84. The largest absolute Gasteiger partial charge is 0.312 e. The van der Waals surface area contributed by atoms with Gasteiger partial charge in [0.25, 0.3) is 0 Å². The van der Waals surface area contributed by atoms with Gasteiger partial charge in [0, 0.05) is 11.7 Å². The fraction of sp³-hybridized carbons (Fsp3) is 0.769. The molecule has 3 heteroatoms. The van der Waals surface area contributed by atoms with E-state index in [1.807, 2.05) is 0 Å². The summed E-state index contributed by atoms with van der Waals surface area (Å²) in [6.07, 6.45) is 2.32. The van der Waals surface area contributed by atoms with E-state index in [4.69, 9.17) is 0 Å². The SMILES string of the molecule is CCCNC(CC)C(C)n1nc(C)cc1C. The van der Waals surface area contributed by atoms with Gasteiger partial charge in [0.05, 0.1) is 11.7 Å². The summed E-state index contributed by atoms with van der Waals surface area (Å²) in [4.78, 5) is 0. The van der Waals surface area contributed by atoms with Crippen LogP contribution in [0.2, 0.25) is 0 Å². The fourth-order valence-corrected chi connectivity index (χ4v) is 2.21. The Kier molecular flexibility index (Phi) is 5.00. The van der Waals surface area contributed by atoms with Crippen molar-refractivity contribution in [2.45, 2.75) is 59.5 Å². The second-order valence-corrected chi connectivity index (χ2v) is 4.58. The van der Waals surface area contributed by atoms with Crippen molar-refractivity contribution in [3.8, 4) is 0 Å². The highest BCUT2D eigenvalue weighted by molar-refractivity contribution is 5.08. The molecule has 1 heterocycles. The molecule has 1 N–H and O–H groups in total. The van der Waals surface area contributed by atoms with Gasteiger partial charge in [0.1, 0.15) is 0 Å². The van der Waals surface area contributed by atoms with Crippen LogP contribution in [0.3, 0.4) is 0 Å². The second-order valence-electron chi connectivity index (χ2n) is 4.58. The number of aromatic nitrogens is 2. The molecule has 0 bridgehead atoms. The van der Waals surface area contributed by atoms with Crippen molar-refractivity contribution in [2.75, 3.05) is 6.54 Å². The van der Waals surface area contributed by atoms with Gasteiger partial charge < -0.3 is 5.32 Å². The summed E-state index contributed by atoms with van der Waals surface area (Å²) in [6.45, 7) is 11.9. The highest BCUT2D eigenvalue weighted by Gasteiger charge is 2.18. The summed E-state index contributed by atoms with van der Waals surface area (Å²) in [5, 5.41) is 8.16. The summed E-state index contributed by atoms with van der Waals surface area (Å²) in [5.74, 6) is 0. The molecule has 0 aliphatic rings. The third-order valence-electron chi connectivity index (χ3n) is 3.11. The minimum atomic E-state index is 0.422. The Balaban J connectivity index is 2.74. The quantitative estimate of drug-likeness (QED) is 0.803. The maximum absolute atomic E-state index is 4.56. The van der Waals surface area contributed by atoms with Crippen LogP contribution in [0.15, 0.2) is 6.07 Å². The van der Waals surface area contributed by atoms with Crippen LogP contribution >= 0.6 is 0 Å². The third-order valence-corrected chi connectivity index (χ3v) is 3.11. The highest BCUT2D eigenvalue weighted by Crippen LogP contribution is 2.16. The normalized spacial score (nSPS) is 15.1. The topological polar surface area (TPSA) is 29.9 Å². The van der Waals surface area contributed by atoms with Crippen LogP contribution in [-0.4, -0.2) is 22.4 Å². The van der Waals surface area contributed by atoms with Crippen molar-refractivity contribution in [1.29, 1.82) is 0 Å². The zero-order chi connectivity index (χ0) is 12.1. The Morgan fingerprint density at radius 2 is 2.06 bits per heavy atom. The van der Waals surface area contributed by atoms with Gasteiger partial charge in [0.15, 0.2) is 0 Å². The molecule has 1 aromatic rings. The minimum absolute atomic E-state index is 0.422. The number of aryl methyl sites for hydroxylation is 2. The molecule has 3 nitrogen and oxygen atoms in total. The number of nitrogens with one attached hydrogen (secondary N) is 1. The molecule has 0 fully saturated rings. The maximum atomic E-state index is 4.56. The molecule has 0 aromatic carbocycles. The lowest BCUT2D eigenvalue weighted by molar-refractivity contribution is 0.334. The first-order valence-electron chi connectivity index (χ1n) is 6.36. The van der Waals surface area contributed by atoms with Crippen molar-refractivity contribution < 1.29 is 0 Å². The van der Waals surface area contributed by atoms with E-state index in [-0.39, 0.29) is 0 Å². The second kappa shape index (κ2) is 6.04. The lowest BCUT2D eigenvalue weighted by Gasteiger charge is -2.25. The fourth-order valence-electron chi connectivity index (χ4n) is 2.21. The number of hydrogen-bond donors (Lipinski definition) is 1. The van der Waals surface area contributed by atoms with Crippen LogP contribution in [0.4, 0.5) is 0 Å². The Morgan fingerprint density at radius 1 is 1.38 bits per heavy atom. The molecule has 0 radical (unpaired) electrons. The standard InChI is InChI=1S/C13H25N3/c1-6-8-14-13(7-2)12(5)16-11(4)9-10(3)15-16/h9,12-14H,6-8H2,1-5H3. The number of hydrogen-bond acceptors (Lipinski definition) is 2. The Labute approximate surface area is 99.2 Å². The summed E-state index contributed by atoms with van der Waals surface area (Å²) >= 11 is 0. The monoisotopic (exact) mass is 223 g/mol. The lowest BCUT2D eigenvalue weighted by Crippen LogP contribution is -2.37. The van der Waals surface area contributed by atoms with E-state index in [1.165, 1.54) is 12.1 Å².